The maximum absolute atomic E-state index is 12.9. The lowest BCUT2D eigenvalue weighted by Crippen LogP contribution is -2.01. The predicted octanol–water partition coefficient (Wildman–Crippen LogP) is 5.48. The molecule has 1 heterocycles. The van der Waals surface area contributed by atoms with Crippen molar-refractivity contribution < 1.29 is 14.3 Å². The lowest BCUT2D eigenvalue weighted by Gasteiger charge is -2.03. The first-order valence-electron chi connectivity index (χ1n) is 7.50. The summed E-state index contributed by atoms with van der Waals surface area (Å²) in [7, 11) is 0. The molecular formula is C20H13ClO3. The predicted molar refractivity (Wildman–Crippen MR) is 95.0 cm³/mol. The second-order valence-electron chi connectivity index (χ2n) is 5.69. The lowest BCUT2D eigenvalue weighted by atomic mass is 9.98. The van der Waals surface area contributed by atoms with Crippen LogP contribution in [0.4, 0.5) is 0 Å². The molecule has 1 N–H and O–H groups in total. The minimum absolute atomic E-state index is 0.129. The molecule has 0 spiro atoms. The number of rotatable bonds is 2. The largest absolute Gasteiger partial charge is 0.507 e. The molecule has 0 aliphatic heterocycles. The number of carbonyl (C=O) groups is 1. The van der Waals surface area contributed by atoms with E-state index in [1.807, 2.05) is 24.3 Å². The fourth-order valence-corrected chi connectivity index (χ4v) is 3.17. The van der Waals surface area contributed by atoms with Crippen molar-refractivity contribution in [2.45, 2.75) is 6.92 Å². The number of furan rings is 1. The number of ketones is 1. The molecule has 3 aromatic carbocycles. The van der Waals surface area contributed by atoms with E-state index in [0.717, 1.165) is 5.39 Å². The monoisotopic (exact) mass is 336 g/mol. The van der Waals surface area contributed by atoms with Crippen LogP contribution in [0.1, 0.15) is 21.7 Å². The Morgan fingerprint density at radius 3 is 2.38 bits per heavy atom. The van der Waals surface area contributed by atoms with Crippen molar-refractivity contribution in [3.05, 3.63) is 76.5 Å². The van der Waals surface area contributed by atoms with Gasteiger partial charge in [0.15, 0.2) is 5.78 Å². The highest BCUT2D eigenvalue weighted by molar-refractivity contribution is 6.30. The van der Waals surface area contributed by atoms with Crippen LogP contribution in [0.5, 0.6) is 5.75 Å². The Kier molecular flexibility index (Phi) is 3.32. The molecule has 0 fully saturated rings. The van der Waals surface area contributed by atoms with Crippen LogP contribution in [0.25, 0.3) is 21.7 Å². The van der Waals surface area contributed by atoms with Crippen LogP contribution in [0.2, 0.25) is 5.02 Å². The molecule has 4 aromatic rings. The molecule has 0 unspecified atom stereocenters. The van der Waals surface area contributed by atoms with Crippen molar-refractivity contribution in [3.8, 4) is 5.75 Å². The summed E-state index contributed by atoms with van der Waals surface area (Å²) < 4.78 is 5.88. The fraction of sp³-hybridized carbons (Fsp3) is 0.0500. The Hall–Kier alpha value is -2.78. The van der Waals surface area contributed by atoms with Gasteiger partial charge in [-0.25, -0.2) is 0 Å². The number of benzene rings is 3. The summed E-state index contributed by atoms with van der Waals surface area (Å²) in [6.45, 7) is 1.76. The maximum atomic E-state index is 12.9. The van der Waals surface area contributed by atoms with Crippen LogP contribution >= 0.6 is 11.6 Å². The molecule has 0 saturated heterocycles. The zero-order chi connectivity index (χ0) is 16.8. The second-order valence-corrected chi connectivity index (χ2v) is 6.12. The zero-order valence-electron chi connectivity index (χ0n) is 12.8. The van der Waals surface area contributed by atoms with E-state index in [0.29, 0.717) is 38.3 Å². The van der Waals surface area contributed by atoms with Gasteiger partial charge in [-0.2, -0.15) is 0 Å². The second kappa shape index (κ2) is 5.39. The number of phenols is 1. The summed E-state index contributed by atoms with van der Waals surface area (Å²) in [5, 5.41) is 13.0. The number of aryl methyl sites for hydroxylation is 1. The summed E-state index contributed by atoms with van der Waals surface area (Å²) in [5.74, 6) is 0.502. The van der Waals surface area contributed by atoms with Crippen LogP contribution in [-0.2, 0) is 0 Å². The van der Waals surface area contributed by atoms with E-state index in [1.54, 1.807) is 37.3 Å². The third-order valence-electron chi connectivity index (χ3n) is 4.18. The number of halogens is 1. The highest BCUT2D eigenvalue weighted by Crippen LogP contribution is 2.37. The topological polar surface area (TPSA) is 50.4 Å². The molecule has 0 radical (unpaired) electrons. The van der Waals surface area contributed by atoms with Gasteiger partial charge in [0.1, 0.15) is 17.1 Å². The summed E-state index contributed by atoms with van der Waals surface area (Å²) >= 11 is 5.89. The quantitative estimate of drug-likeness (QED) is 0.493. The Morgan fingerprint density at radius 1 is 1.00 bits per heavy atom. The van der Waals surface area contributed by atoms with Crippen LogP contribution < -0.4 is 0 Å². The number of hydrogen-bond acceptors (Lipinski definition) is 3. The molecule has 0 aliphatic carbocycles. The molecule has 4 rings (SSSR count). The normalized spacial score (nSPS) is 11.2. The molecule has 4 heteroatoms. The van der Waals surface area contributed by atoms with Gasteiger partial charge in [-0.05, 0) is 37.3 Å². The van der Waals surface area contributed by atoms with E-state index >= 15 is 0 Å². The zero-order valence-corrected chi connectivity index (χ0v) is 13.6. The number of carbonyl (C=O) groups excluding carboxylic acids is 1. The van der Waals surface area contributed by atoms with Crippen molar-refractivity contribution in [3.63, 3.8) is 0 Å². The van der Waals surface area contributed by atoms with Gasteiger partial charge in [0, 0.05) is 26.7 Å². The minimum atomic E-state index is -0.155. The van der Waals surface area contributed by atoms with Crippen LogP contribution in [0.15, 0.2) is 59.0 Å². The molecule has 0 aliphatic rings. The van der Waals surface area contributed by atoms with E-state index < -0.39 is 0 Å². The van der Waals surface area contributed by atoms with E-state index in [1.165, 1.54) is 0 Å². The van der Waals surface area contributed by atoms with Gasteiger partial charge in [0.05, 0.1) is 5.56 Å². The molecule has 0 atom stereocenters. The van der Waals surface area contributed by atoms with Gasteiger partial charge >= 0.3 is 0 Å². The van der Waals surface area contributed by atoms with Crippen molar-refractivity contribution >= 4 is 39.1 Å². The third-order valence-corrected chi connectivity index (χ3v) is 4.44. The first-order valence-corrected chi connectivity index (χ1v) is 7.88. The molecule has 24 heavy (non-hydrogen) atoms. The summed E-state index contributed by atoms with van der Waals surface area (Å²) in [4.78, 5) is 12.9. The Balaban J connectivity index is 2.01. The van der Waals surface area contributed by atoms with Crippen LogP contribution in [0, 0.1) is 6.92 Å². The van der Waals surface area contributed by atoms with Crippen LogP contribution in [0.3, 0.4) is 0 Å². The van der Waals surface area contributed by atoms with Crippen molar-refractivity contribution in [1.82, 2.24) is 0 Å². The number of fused-ring (bicyclic) bond motifs is 3. The molecule has 3 nitrogen and oxygen atoms in total. The molecule has 1 aromatic heterocycles. The van der Waals surface area contributed by atoms with Crippen molar-refractivity contribution in [2.24, 2.45) is 0 Å². The van der Waals surface area contributed by atoms with Gasteiger partial charge in [-0.3, -0.25) is 4.79 Å². The molecule has 0 bridgehead atoms. The van der Waals surface area contributed by atoms with Gasteiger partial charge < -0.3 is 9.52 Å². The molecule has 0 saturated carbocycles. The van der Waals surface area contributed by atoms with E-state index in [-0.39, 0.29) is 11.5 Å². The number of phenolic OH excluding ortho intramolecular Hbond substituents is 1. The fourth-order valence-electron chi connectivity index (χ4n) is 3.05. The minimum Gasteiger partial charge on any atom is -0.507 e. The van der Waals surface area contributed by atoms with Gasteiger partial charge in [0.2, 0.25) is 0 Å². The van der Waals surface area contributed by atoms with Gasteiger partial charge in [-0.15, -0.1) is 0 Å². The lowest BCUT2D eigenvalue weighted by molar-refractivity contribution is 0.103. The maximum Gasteiger partial charge on any atom is 0.197 e. The average molecular weight is 337 g/mol. The summed E-state index contributed by atoms with van der Waals surface area (Å²) in [5.41, 5.74) is 1.60. The van der Waals surface area contributed by atoms with Crippen molar-refractivity contribution in [2.75, 3.05) is 0 Å². The Morgan fingerprint density at radius 2 is 1.67 bits per heavy atom. The molecular weight excluding hydrogens is 324 g/mol. The Bertz CT molecular complexity index is 1090. The molecule has 0 amide bonds. The summed E-state index contributed by atoms with van der Waals surface area (Å²) in [6.07, 6.45) is 0. The third kappa shape index (κ3) is 2.17. The van der Waals surface area contributed by atoms with E-state index in [4.69, 9.17) is 16.0 Å². The van der Waals surface area contributed by atoms with Crippen molar-refractivity contribution in [1.29, 1.82) is 0 Å². The average Bonchev–Trinajstić information content (AvgIpc) is 2.91. The van der Waals surface area contributed by atoms with Gasteiger partial charge in [0.25, 0.3) is 0 Å². The van der Waals surface area contributed by atoms with E-state index in [2.05, 4.69) is 0 Å². The Labute approximate surface area is 143 Å². The SMILES string of the molecule is Cc1oc2c(cc(O)c3ccccc32)c1C(=O)c1ccc(Cl)cc1. The first-order chi connectivity index (χ1) is 11.6. The number of aromatic hydroxyl groups is 1. The van der Waals surface area contributed by atoms with Gasteiger partial charge in [-0.1, -0.05) is 35.9 Å². The summed E-state index contributed by atoms with van der Waals surface area (Å²) in [6, 6.07) is 15.7. The number of hydrogen-bond donors (Lipinski definition) is 1. The highest BCUT2D eigenvalue weighted by atomic mass is 35.5. The molecule has 118 valence electrons. The highest BCUT2D eigenvalue weighted by Gasteiger charge is 2.22. The van der Waals surface area contributed by atoms with Crippen LogP contribution in [-0.4, -0.2) is 10.9 Å². The first kappa shape index (κ1) is 14.8. The van der Waals surface area contributed by atoms with E-state index in [9.17, 15) is 9.90 Å². The smallest absolute Gasteiger partial charge is 0.197 e. The standard InChI is InChI=1S/C20H13ClO3/c1-11-18(19(23)12-6-8-13(21)9-7-12)16-10-17(22)14-4-2-3-5-15(14)20(16)24-11/h2-10,22H,1H3.